The van der Waals surface area contributed by atoms with Gasteiger partial charge in [0.1, 0.15) is 5.75 Å². The van der Waals surface area contributed by atoms with Crippen LogP contribution in [0.1, 0.15) is 11.1 Å². The summed E-state index contributed by atoms with van der Waals surface area (Å²) >= 11 is 0. The van der Waals surface area contributed by atoms with Crippen LogP contribution in [0.25, 0.3) is 0 Å². The summed E-state index contributed by atoms with van der Waals surface area (Å²) in [5.74, 6) is 0.874. The van der Waals surface area contributed by atoms with Gasteiger partial charge < -0.3 is 4.74 Å². The Morgan fingerprint density at radius 1 is 1.18 bits per heavy atom. The Hall–Kier alpha value is -2.16. The lowest BCUT2D eigenvalue weighted by Crippen LogP contribution is -1.90. The number of aromatic nitrogens is 1. The van der Waals surface area contributed by atoms with E-state index < -0.39 is 0 Å². The van der Waals surface area contributed by atoms with Gasteiger partial charge in [0.15, 0.2) is 0 Å². The molecule has 2 aromatic rings. The molecule has 3 heteroatoms. The van der Waals surface area contributed by atoms with Gasteiger partial charge in [-0.3, -0.25) is 9.98 Å². The first kappa shape index (κ1) is 11.3. The van der Waals surface area contributed by atoms with Gasteiger partial charge in [-0.05, 0) is 23.8 Å². The van der Waals surface area contributed by atoms with E-state index in [1.807, 2.05) is 42.6 Å². The van der Waals surface area contributed by atoms with Gasteiger partial charge in [0.2, 0.25) is 0 Å². The van der Waals surface area contributed by atoms with Crippen LogP contribution >= 0.6 is 0 Å². The molecule has 0 atom stereocenters. The zero-order valence-electron chi connectivity index (χ0n) is 9.71. The van der Waals surface area contributed by atoms with Crippen molar-refractivity contribution in [3.8, 4) is 5.75 Å². The number of hydrogen-bond donors (Lipinski definition) is 0. The highest BCUT2D eigenvalue weighted by atomic mass is 16.5. The fourth-order valence-corrected chi connectivity index (χ4v) is 1.53. The first-order valence-electron chi connectivity index (χ1n) is 5.42. The van der Waals surface area contributed by atoms with Gasteiger partial charge in [-0.25, -0.2) is 0 Å². The molecule has 17 heavy (non-hydrogen) atoms. The quantitative estimate of drug-likeness (QED) is 0.751. The van der Waals surface area contributed by atoms with Gasteiger partial charge in [0.25, 0.3) is 0 Å². The number of hydrogen-bond acceptors (Lipinski definition) is 3. The average molecular weight is 226 g/mol. The third-order valence-corrected chi connectivity index (χ3v) is 2.40. The molecule has 86 valence electrons. The Bertz CT molecular complexity index is 495. The van der Waals surface area contributed by atoms with Crippen LogP contribution in [-0.2, 0) is 6.54 Å². The van der Waals surface area contributed by atoms with Crippen molar-refractivity contribution in [2.45, 2.75) is 6.54 Å². The van der Waals surface area contributed by atoms with E-state index >= 15 is 0 Å². The van der Waals surface area contributed by atoms with Crippen molar-refractivity contribution in [2.75, 3.05) is 7.11 Å². The summed E-state index contributed by atoms with van der Waals surface area (Å²) in [5.41, 5.74) is 2.13. The predicted octanol–water partition coefficient (Wildman–Crippen LogP) is 2.71. The maximum absolute atomic E-state index is 5.26. The summed E-state index contributed by atoms with van der Waals surface area (Å²) in [5, 5.41) is 0. The second-order valence-electron chi connectivity index (χ2n) is 3.56. The van der Waals surface area contributed by atoms with Crippen LogP contribution in [0.3, 0.4) is 0 Å². The molecule has 0 aliphatic rings. The fraction of sp³-hybridized carbons (Fsp3) is 0.143. The minimum Gasteiger partial charge on any atom is -0.496 e. The first-order chi connectivity index (χ1) is 8.40. The molecular formula is C14H14N2O. The molecule has 3 nitrogen and oxygen atoms in total. The second kappa shape index (κ2) is 5.80. The van der Waals surface area contributed by atoms with Crippen LogP contribution in [0, 0.1) is 0 Å². The smallest absolute Gasteiger partial charge is 0.123 e. The molecule has 0 unspecified atom stereocenters. The average Bonchev–Trinajstić information content (AvgIpc) is 2.40. The van der Waals surface area contributed by atoms with Gasteiger partial charge in [0.05, 0.1) is 13.7 Å². The van der Waals surface area contributed by atoms with Crippen molar-refractivity contribution in [3.63, 3.8) is 0 Å². The monoisotopic (exact) mass is 226 g/mol. The lowest BCUT2D eigenvalue weighted by Gasteiger charge is -2.04. The highest BCUT2D eigenvalue weighted by Gasteiger charge is 1.98. The third-order valence-electron chi connectivity index (χ3n) is 2.40. The lowest BCUT2D eigenvalue weighted by atomic mass is 10.2. The number of aliphatic imine (C=N–C) groups is 1. The Morgan fingerprint density at radius 2 is 1.94 bits per heavy atom. The molecule has 2 rings (SSSR count). The van der Waals surface area contributed by atoms with Crippen molar-refractivity contribution < 1.29 is 4.74 Å². The molecule has 1 aromatic heterocycles. The van der Waals surface area contributed by atoms with E-state index in [4.69, 9.17) is 4.74 Å². The zero-order valence-corrected chi connectivity index (χ0v) is 9.71. The number of ether oxygens (including phenoxy) is 1. The van der Waals surface area contributed by atoms with Gasteiger partial charge in [-0.2, -0.15) is 0 Å². The molecule has 0 fully saturated rings. The molecule has 0 saturated carbocycles. The van der Waals surface area contributed by atoms with Crippen LogP contribution in [0.15, 0.2) is 53.8 Å². The highest BCUT2D eigenvalue weighted by Crippen LogP contribution is 2.17. The van der Waals surface area contributed by atoms with Crippen LogP contribution in [-0.4, -0.2) is 18.3 Å². The van der Waals surface area contributed by atoms with Gasteiger partial charge >= 0.3 is 0 Å². The van der Waals surface area contributed by atoms with E-state index in [1.54, 1.807) is 19.5 Å². The van der Waals surface area contributed by atoms with Crippen molar-refractivity contribution in [2.24, 2.45) is 4.99 Å². The molecule has 1 aromatic carbocycles. The molecule has 0 bridgehead atoms. The van der Waals surface area contributed by atoms with Gasteiger partial charge in [-0.15, -0.1) is 0 Å². The summed E-state index contributed by atoms with van der Waals surface area (Å²) in [6.45, 7) is 0.617. The minimum atomic E-state index is 0.617. The summed E-state index contributed by atoms with van der Waals surface area (Å²) in [7, 11) is 1.67. The van der Waals surface area contributed by atoms with Crippen LogP contribution < -0.4 is 4.74 Å². The van der Waals surface area contributed by atoms with Crippen molar-refractivity contribution >= 4 is 6.21 Å². The van der Waals surface area contributed by atoms with Crippen LogP contribution in [0.2, 0.25) is 0 Å². The summed E-state index contributed by atoms with van der Waals surface area (Å²) in [6, 6.07) is 11.7. The number of methoxy groups -OCH3 is 1. The molecule has 0 radical (unpaired) electrons. The summed E-state index contributed by atoms with van der Waals surface area (Å²) < 4.78 is 5.26. The maximum Gasteiger partial charge on any atom is 0.123 e. The largest absolute Gasteiger partial charge is 0.496 e. The van der Waals surface area contributed by atoms with Crippen LogP contribution in [0.5, 0.6) is 5.75 Å². The second-order valence-corrected chi connectivity index (χ2v) is 3.56. The molecule has 0 aliphatic heterocycles. The zero-order chi connectivity index (χ0) is 11.9. The molecule has 0 spiro atoms. The Kier molecular flexibility index (Phi) is 3.86. The standard InChI is InChI=1S/C14H14N2O/c1-17-14-5-3-2-4-13(14)11-16-10-12-6-8-15-9-7-12/h2-10H,11H2,1H3/b16-10-. The van der Waals surface area contributed by atoms with Gasteiger partial charge in [-0.1, -0.05) is 18.2 Å². The molecule has 0 aliphatic carbocycles. The Labute approximate surface area is 101 Å². The highest BCUT2D eigenvalue weighted by molar-refractivity contribution is 5.79. The van der Waals surface area contributed by atoms with Crippen molar-refractivity contribution in [1.29, 1.82) is 0 Å². The van der Waals surface area contributed by atoms with Crippen molar-refractivity contribution in [3.05, 3.63) is 59.9 Å². The maximum atomic E-state index is 5.26. The molecule has 0 N–H and O–H groups in total. The Morgan fingerprint density at radius 3 is 2.71 bits per heavy atom. The van der Waals surface area contributed by atoms with Crippen molar-refractivity contribution in [1.82, 2.24) is 4.98 Å². The fourth-order valence-electron chi connectivity index (χ4n) is 1.53. The molecular weight excluding hydrogens is 212 g/mol. The predicted molar refractivity (Wildman–Crippen MR) is 68.5 cm³/mol. The molecule has 1 heterocycles. The van der Waals surface area contributed by atoms with E-state index in [9.17, 15) is 0 Å². The topological polar surface area (TPSA) is 34.5 Å². The van der Waals surface area contributed by atoms with Crippen LogP contribution in [0.4, 0.5) is 0 Å². The number of para-hydroxylation sites is 1. The normalized spacial score (nSPS) is 10.6. The number of benzene rings is 1. The summed E-state index contributed by atoms with van der Waals surface area (Å²) in [6.07, 6.45) is 5.35. The summed E-state index contributed by atoms with van der Waals surface area (Å²) in [4.78, 5) is 8.35. The number of rotatable bonds is 4. The third kappa shape index (κ3) is 3.14. The van der Waals surface area contributed by atoms with E-state index in [2.05, 4.69) is 9.98 Å². The SMILES string of the molecule is COc1ccccc1C/N=C\c1ccncc1. The van der Waals surface area contributed by atoms with E-state index in [0.717, 1.165) is 16.9 Å². The van der Waals surface area contributed by atoms with E-state index in [1.165, 1.54) is 0 Å². The number of pyridine rings is 1. The van der Waals surface area contributed by atoms with E-state index in [0.29, 0.717) is 6.54 Å². The molecule has 0 saturated heterocycles. The minimum absolute atomic E-state index is 0.617. The molecule has 0 amide bonds. The lowest BCUT2D eigenvalue weighted by molar-refractivity contribution is 0.410. The Balaban J connectivity index is 2.05. The van der Waals surface area contributed by atoms with Gasteiger partial charge in [0, 0.05) is 24.2 Å². The number of nitrogens with zero attached hydrogens (tertiary/aromatic N) is 2. The van der Waals surface area contributed by atoms with E-state index in [-0.39, 0.29) is 0 Å². The first-order valence-corrected chi connectivity index (χ1v) is 5.42.